The van der Waals surface area contributed by atoms with E-state index in [0.717, 1.165) is 0 Å². The predicted octanol–water partition coefficient (Wildman–Crippen LogP) is -0.316. The highest BCUT2D eigenvalue weighted by Crippen LogP contribution is 1.84. The van der Waals surface area contributed by atoms with Gasteiger partial charge in [0.05, 0.1) is 6.61 Å². The number of rotatable bonds is 4. The first-order chi connectivity index (χ1) is 4.72. The number of carbonyl (C=O) groups is 2. The van der Waals surface area contributed by atoms with Crippen LogP contribution in [0, 0.1) is 0 Å². The Morgan fingerprint density at radius 1 is 1.80 bits per heavy atom. The maximum Gasteiger partial charge on any atom is 0.328 e. The van der Waals surface area contributed by atoms with Crippen LogP contribution in [0.2, 0.25) is 0 Å². The van der Waals surface area contributed by atoms with Crippen LogP contribution in [0.15, 0.2) is 0 Å². The van der Waals surface area contributed by atoms with Crippen molar-refractivity contribution >= 4 is 12.4 Å². The predicted molar refractivity (Wildman–Crippen MR) is 35.3 cm³/mol. The Morgan fingerprint density at radius 2 is 2.40 bits per heavy atom. The quantitative estimate of drug-likeness (QED) is 0.436. The molecule has 0 heterocycles. The lowest BCUT2D eigenvalue weighted by molar-refractivity contribution is -0.145. The summed E-state index contributed by atoms with van der Waals surface area (Å²) in [6, 6.07) is -0.544. The fourth-order valence-corrected chi connectivity index (χ4v) is 0.437. The summed E-state index contributed by atoms with van der Waals surface area (Å²) in [6.45, 7) is 3.61. The molecule has 0 aliphatic carbocycles. The lowest BCUT2D eigenvalue weighted by Crippen LogP contribution is -2.34. The van der Waals surface area contributed by atoms with Gasteiger partial charge in [0, 0.05) is 0 Å². The van der Waals surface area contributed by atoms with Crippen LogP contribution in [0.4, 0.5) is 0 Å². The minimum atomic E-state index is -0.544. The fourth-order valence-electron chi connectivity index (χ4n) is 0.437. The van der Waals surface area contributed by atoms with Gasteiger partial charge >= 0.3 is 5.97 Å². The minimum Gasteiger partial charge on any atom is -0.464 e. The maximum absolute atomic E-state index is 10.7. The van der Waals surface area contributed by atoms with E-state index in [1.807, 2.05) is 0 Å². The molecule has 4 heteroatoms. The van der Waals surface area contributed by atoms with Crippen LogP contribution in [-0.2, 0) is 14.3 Å². The number of ether oxygens (including phenoxy) is 1. The zero-order valence-electron chi connectivity index (χ0n) is 6.09. The zero-order valence-corrected chi connectivity index (χ0v) is 6.09. The number of carbonyl (C=O) groups excluding carboxylic acids is 2. The molecule has 0 unspecified atom stereocenters. The van der Waals surface area contributed by atoms with E-state index in [1.165, 1.54) is 0 Å². The van der Waals surface area contributed by atoms with Gasteiger partial charge in [-0.15, -0.1) is 0 Å². The average molecular weight is 145 g/mol. The smallest absolute Gasteiger partial charge is 0.328 e. The maximum atomic E-state index is 10.7. The second-order valence-corrected chi connectivity index (χ2v) is 1.76. The lowest BCUT2D eigenvalue weighted by atomic mass is 10.3. The highest BCUT2D eigenvalue weighted by molar-refractivity contribution is 5.77. The monoisotopic (exact) mass is 145 g/mol. The van der Waals surface area contributed by atoms with Crippen LogP contribution in [0.25, 0.3) is 0 Å². The van der Waals surface area contributed by atoms with E-state index >= 15 is 0 Å². The standard InChI is InChI=1S/C6H11NO3/c1-3-10-6(9)5(2)7-4-8/h4-5H,3H2,1-2H3,(H,7,8)/t5-/m0/s1. The van der Waals surface area contributed by atoms with Gasteiger partial charge in [0.2, 0.25) is 6.41 Å². The third-order valence-electron chi connectivity index (χ3n) is 0.958. The summed E-state index contributed by atoms with van der Waals surface area (Å²) in [5.41, 5.74) is 0. The zero-order chi connectivity index (χ0) is 7.98. The Kier molecular flexibility index (Phi) is 4.28. The molecule has 0 aromatic rings. The molecular weight excluding hydrogens is 134 g/mol. The molecule has 58 valence electrons. The van der Waals surface area contributed by atoms with Crippen molar-refractivity contribution in [1.82, 2.24) is 5.32 Å². The van der Waals surface area contributed by atoms with Gasteiger partial charge in [0.25, 0.3) is 0 Å². The third kappa shape index (κ3) is 3.06. The largest absolute Gasteiger partial charge is 0.464 e. The molecule has 4 nitrogen and oxygen atoms in total. The highest BCUT2D eigenvalue weighted by atomic mass is 16.5. The van der Waals surface area contributed by atoms with Gasteiger partial charge in [-0.3, -0.25) is 4.79 Å². The van der Waals surface area contributed by atoms with E-state index in [9.17, 15) is 9.59 Å². The van der Waals surface area contributed by atoms with E-state index in [2.05, 4.69) is 10.1 Å². The van der Waals surface area contributed by atoms with E-state index in [1.54, 1.807) is 13.8 Å². The number of hydrogen-bond acceptors (Lipinski definition) is 3. The fraction of sp³-hybridized carbons (Fsp3) is 0.667. The molecule has 0 spiro atoms. The highest BCUT2D eigenvalue weighted by Gasteiger charge is 2.10. The van der Waals surface area contributed by atoms with Crippen molar-refractivity contribution in [2.45, 2.75) is 19.9 Å². The van der Waals surface area contributed by atoms with E-state index in [4.69, 9.17) is 0 Å². The first kappa shape index (κ1) is 8.94. The molecule has 0 bridgehead atoms. The molecule has 0 aliphatic rings. The molecule has 0 rings (SSSR count). The second-order valence-electron chi connectivity index (χ2n) is 1.76. The van der Waals surface area contributed by atoms with Gasteiger partial charge in [-0.25, -0.2) is 4.79 Å². The summed E-state index contributed by atoms with van der Waals surface area (Å²) in [4.78, 5) is 20.5. The first-order valence-electron chi connectivity index (χ1n) is 3.08. The molecule has 0 saturated carbocycles. The first-order valence-corrected chi connectivity index (χ1v) is 3.08. The summed E-state index contributed by atoms with van der Waals surface area (Å²) in [6.07, 6.45) is 0.474. The molecule has 0 aliphatic heterocycles. The van der Waals surface area contributed by atoms with Crippen LogP contribution in [0.3, 0.4) is 0 Å². The SMILES string of the molecule is CCOC(=O)[C@H](C)NC=O. The number of amides is 1. The summed E-state index contributed by atoms with van der Waals surface area (Å²) >= 11 is 0. The molecule has 10 heavy (non-hydrogen) atoms. The normalized spacial score (nSPS) is 11.8. The number of esters is 1. The summed E-state index contributed by atoms with van der Waals surface area (Å²) in [5, 5.41) is 2.27. The van der Waals surface area contributed by atoms with Crippen molar-refractivity contribution in [3.05, 3.63) is 0 Å². The summed E-state index contributed by atoms with van der Waals surface area (Å²) < 4.78 is 4.60. The van der Waals surface area contributed by atoms with Gasteiger partial charge < -0.3 is 10.1 Å². The van der Waals surface area contributed by atoms with Crippen molar-refractivity contribution in [1.29, 1.82) is 0 Å². The molecule has 0 saturated heterocycles. The van der Waals surface area contributed by atoms with Crippen molar-refractivity contribution in [3.8, 4) is 0 Å². The minimum absolute atomic E-state index is 0.337. The van der Waals surface area contributed by atoms with Gasteiger partial charge in [0.15, 0.2) is 0 Å². The molecule has 1 amide bonds. The van der Waals surface area contributed by atoms with Crippen LogP contribution in [-0.4, -0.2) is 25.0 Å². The van der Waals surface area contributed by atoms with Gasteiger partial charge in [-0.2, -0.15) is 0 Å². The Morgan fingerprint density at radius 3 is 2.80 bits per heavy atom. The van der Waals surface area contributed by atoms with E-state index < -0.39 is 12.0 Å². The molecule has 0 radical (unpaired) electrons. The summed E-state index contributed by atoms with van der Waals surface area (Å²) in [5.74, 6) is -0.408. The van der Waals surface area contributed by atoms with Gasteiger partial charge in [-0.05, 0) is 13.8 Å². The molecule has 1 atom stereocenters. The van der Waals surface area contributed by atoms with Gasteiger partial charge in [0.1, 0.15) is 6.04 Å². The second kappa shape index (κ2) is 4.78. The Bertz CT molecular complexity index is 124. The van der Waals surface area contributed by atoms with Crippen LogP contribution in [0.5, 0.6) is 0 Å². The van der Waals surface area contributed by atoms with Crippen LogP contribution >= 0.6 is 0 Å². The third-order valence-corrected chi connectivity index (χ3v) is 0.958. The molecule has 0 aromatic heterocycles. The Balaban J connectivity index is 3.58. The summed E-state index contributed by atoms with van der Waals surface area (Å²) in [7, 11) is 0. The van der Waals surface area contributed by atoms with Crippen molar-refractivity contribution in [2.75, 3.05) is 6.61 Å². The Labute approximate surface area is 59.6 Å². The topological polar surface area (TPSA) is 55.4 Å². The van der Waals surface area contributed by atoms with Crippen molar-refractivity contribution in [3.63, 3.8) is 0 Å². The van der Waals surface area contributed by atoms with E-state index in [0.29, 0.717) is 13.0 Å². The van der Waals surface area contributed by atoms with Crippen LogP contribution < -0.4 is 5.32 Å². The average Bonchev–Trinajstić information content (AvgIpc) is 1.89. The van der Waals surface area contributed by atoms with Crippen molar-refractivity contribution in [2.24, 2.45) is 0 Å². The molecule has 0 aromatic carbocycles. The van der Waals surface area contributed by atoms with Crippen LogP contribution in [0.1, 0.15) is 13.8 Å². The number of nitrogens with one attached hydrogen (secondary N) is 1. The van der Waals surface area contributed by atoms with Gasteiger partial charge in [-0.1, -0.05) is 0 Å². The lowest BCUT2D eigenvalue weighted by Gasteiger charge is -2.07. The number of hydrogen-bond donors (Lipinski definition) is 1. The molecule has 0 fully saturated rings. The molecule has 1 N–H and O–H groups in total. The van der Waals surface area contributed by atoms with Crippen molar-refractivity contribution < 1.29 is 14.3 Å². The van der Waals surface area contributed by atoms with E-state index in [-0.39, 0.29) is 0 Å². The Hall–Kier alpha value is -1.06. The molecular formula is C6H11NO3.